The van der Waals surface area contributed by atoms with Crippen molar-refractivity contribution in [3.63, 3.8) is 0 Å². The lowest BCUT2D eigenvalue weighted by atomic mass is 10.2. The Kier molecular flexibility index (Phi) is 21.9. The smallest absolute Gasteiger partial charge is 0.229 e. The van der Waals surface area contributed by atoms with Crippen molar-refractivity contribution in [1.29, 1.82) is 0 Å². The van der Waals surface area contributed by atoms with E-state index in [-0.39, 0.29) is 5.95 Å². The van der Waals surface area contributed by atoms with Gasteiger partial charge in [-0.2, -0.15) is 15.0 Å². The molecule has 178 valence electrons. The third-order valence-corrected chi connectivity index (χ3v) is 3.20. The number of nitrogen functional groups attached to an aromatic ring is 1. The maximum atomic E-state index is 5.48. The Morgan fingerprint density at radius 1 is 0.625 bits per heavy atom. The summed E-state index contributed by atoms with van der Waals surface area (Å²) in [6.45, 7) is 17.9. The summed E-state index contributed by atoms with van der Waals surface area (Å²) >= 11 is 0. The van der Waals surface area contributed by atoms with Gasteiger partial charge in [0.25, 0.3) is 0 Å². The molecule has 1 heterocycles. The fourth-order valence-electron chi connectivity index (χ4n) is 1.94. The molecule has 2 aromatic carbocycles. The van der Waals surface area contributed by atoms with Crippen LogP contribution in [-0.4, -0.2) is 28.0 Å². The number of hydrogen-bond acceptors (Lipinski definition) is 6. The molecule has 1 aromatic heterocycles. The molecule has 6 heteroatoms. The summed E-state index contributed by atoms with van der Waals surface area (Å²) < 4.78 is 0. The van der Waals surface area contributed by atoms with E-state index < -0.39 is 0 Å². The number of nitrogens with zero attached hydrogens (tertiary/aromatic N) is 3. The number of anilines is 3. The Labute approximate surface area is 196 Å². The third kappa shape index (κ3) is 18.9. The van der Waals surface area contributed by atoms with Crippen LogP contribution in [0.3, 0.4) is 0 Å². The van der Waals surface area contributed by atoms with E-state index in [0.717, 1.165) is 13.1 Å². The van der Waals surface area contributed by atoms with E-state index >= 15 is 0 Å². The van der Waals surface area contributed by atoms with E-state index in [1.54, 1.807) is 0 Å². The number of aromatic nitrogens is 3. The second-order valence-corrected chi connectivity index (χ2v) is 6.42. The molecule has 3 rings (SSSR count). The van der Waals surface area contributed by atoms with Crippen LogP contribution in [0, 0.1) is 13.8 Å². The lowest BCUT2D eigenvalue weighted by Gasteiger charge is -2.05. The second kappa shape index (κ2) is 22.5. The SMILES string of the molecule is CC.CCC.CCNc1nc(N)nc(NCC)n1.Cc1ccccc1.Cc1ccccc1. The second-order valence-electron chi connectivity index (χ2n) is 6.42. The molecule has 3 aromatic rings. The van der Waals surface area contributed by atoms with Gasteiger partial charge in [-0.1, -0.05) is 106 Å². The van der Waals surface area contributed by atoms with Gasteiger partial charge in [0, 0.05) is 13.1 Å². The highest BCUT2D eigenvalue weighted by molar-refractivity contribution is 5.39. The van der Waals surface area contributed by atoms with Gasteiger partial charge in [0.05, 0.1) is 0 Å². The van der Waals surface area contributed by atoms with Gasteiger partial charge in [-0.15, -0.1) is 0 Å². The predicted octanol–water partition coefficient (Wildman–Crippen LogP) is 6.75. The molecule has 4 N–H and O–H groups in total. The first-order chi connectivity index (χ1) is 15.5. The van der Waals surface area contributed by atoms with E-state index in [4.69, 9.17) is 5.73 Å². The fraction of sp³-hybridized carbons (Fsp3) is 0.423. The van der Waals surface area contributed by atoms with Crippen LogP contribution in [0.1, 0.15) is 59.1 Å². The summed E-state index contributed by atoms with van der Waals surface area (Å²) in [4.78, 5) is 11.9. The highest BCUT2D eigenvalue weighted by Crippen LogP contribution is 2.05. The van der Waals surface area contributed by atoms with Crippen molar-refractivity contribution < 1.29 is 0 Å². The van der Waals surface area contributed by atoms with E-state index in [1.165, 1.54) is 17.5 Å². The number of benzene rings is 2. The average Bonchev–Trinajstić information content (AvgIpc) is 2.78. The molecule has 0 saturated heterocycles. The molecule has 6 nitrogen and oxygen atoms in total. The summed E-state index contributed by atoms with van der Waals surface area (Å²) in [5.74, 6) is 1.24. The molecule has 32 heavy (non-hydrogen) atoms. The van der Waals surface area contributed by atoms with Crippen molar-refractivity contribution in [2.24, 2.45) is 0 Å². The maximum Gasteiger partial charge on any atom is 0.229 e. The van der Waals surface area contributed by atoms with Crippen LogP contribution in [0.25, 0.3) is 0 Å². The van der Waals surface area contributed by atoms with E-state index in [1.807, 2.05) is 64.1 Å². The summed E-state index contributed by atoms with van der Waals surface area (Å²) in [6.07, 6.45) is 1.25. The highest BCUT2D eigenvalue weighted by atomic mass is 15.2. The van der Waals surface area contributed by atoms with Gasteiger partial charge in [0.15, 0.2) is 0 Å². The van der Waals surface area contributed by atoms with Crippen LogP contribution in [0.5, 0.6) is 0 Å². The molecule has 0 bridgehead atoms. The van der Waals surface area contributed by atoms with Gasteiger partial charge in [0.1, 0.15) is 0 Å². The van der Waals surface area contributed by atoms with Crippen LogP contribution in [-0.2, 0) is 0 Å². The predicted molar refractivity (Wildman–Crippen MR) is 142 cm³/mol. The summed E-state index contributed by atoms with van der Waals surface area (Å²) in [6, 6.07) is 20.5. The minimum atomic E-state index is 0.224. The largest absolute Gasteiger partial charge is 0.368 e. The minimum absolute atomic E-state index is 0.224. The Bertz CT molecular complexity index is 702. The van der Waals surface area contributed by atoms with Crippen LogP contribution in [0.15, 0.2) is 60.7 Å². The number of hydrogen-bond donors (Lipinski definition) is 3. The Morgan fingerprint density at radius 2 is 0.938 bits per heavy atom. The number of aryl methyl sites for hydroxylation is 2. The topological polar surface area (TPSA) is 88.8 Å². The maximum absolute atomic E-state index is 5.48. The molecule has 0 unspecified atom stereocenters. The first-order valence-corrected chi connectivity index (χ1v) is 11.5. The number of nitrogens with two attached hydrogens (primary N) is 1. The molecule has 0 aliphatic rings. The van der Waals surface area contributed by atoms with Gasteiger partial charge in [-0.25, -0.2) is 0 Å². The lowest BCUT2D eigenvalue weighted by molar-refractivity contribution is 1.01. The summed E-state index contributed by atoms with van der Waals surface area (Å²) in [7, 11) is 0. The van der Waals surface area contributed by atoms with Crippen molar-refractivity contribution >= 4 is 17.8 Å². The molecule has 0 amide bonds. The third-order valence-electron chi connectivity index (χ3n) is 3.20. The van der Waals surface area contributed by atoms with Crippen molar-refractivity contribution in [2.75, 3.05) is 29.5 Å². The first kappa shape index (κ1) is 31.0. The van der Waals surface area contributed by atoms with E-state index in [9.17, 15) is 0 Å². The first-order valence-electron chi connectivity index (χ1n) is 11.5. The van der Waals surface area contributed by atoms with Crippen molar-refractivity contribution in [1.82, 2.24) is 15.0 Å². The van der Waals surface area contributed by atoms with Gasteiger partial charge in [-0.3, -0.25) is 0 Å². The molecular weight excluding hydrogens is 396 g/mol. The van der Waals surface area contributed by atoms with Crippen molar-refractivity contribution in [3.05, 3.63) is 71.8 Å². The van der Waals surface area contributed by atoms with E-state index in [2.05, 4.69) is 77.5 Å². The van der Waals surface area contributed by atoms with Crippen molar-refractivity contribution in [2.45, 2.75) is 61.8 Å². The van der Waals surface area contributed by atoms with Crippen LogP contribution in [0.4, 0.5) is 17.8 Å². The van der Waals surface area contributed by atoms with Gasteiger partial charge >= 0.3 is 0 Å². The zero-order chi connectivity index (χ0) is 24.6. The Hall–Kier alpha value is -3.15. The molecule has 0 fully saturated rings. The zero-order valence-electron chi connectivity index (χ0n) is 21.3. The van der Waals surface area contributed by atoms with Gasteiger partial charge in [0.2, 0.25) is 17.8 Å². The molecule has 0 atom stereocenters. The lowest BCUT2D eigenvalue weighted by Crippen LogP contribution is -2.10. The fourth-order valence-corrected chi connectivity index (χ4v) is 1.94. The molecule has 0 aliphatic carbocycles. The quantitative estimate of drug-likeness (QED) is 0.416. The summed E-state index contributed by atoms with van der Waals surface area (Å²) in [5.41, 5.74) is 8.12. The molecule has 0 aliphatic heterocycles. The molecular formula is C26H44N6. The molecule has 0 radical (unpaired) electrons. The normalized spacial score (nSPS) is 8.50. The van der Waals surface area contributed by atoms with E-state index in [0.29, 0.717) is 11.9 Å². The van der Waals surface area contributed by atoms with Crippen LogP contribution in [0.2, 0.25) is 0 Å². The van der Waals surface area contributed by atoms with Crippen molar-refractivity contribution in [3.8, 4) is 0 Å². The highest BCUT2D eigenvalue weighted by Gasteiger charge is 2.01. The Balaban J connectivity index is 0. The monoisotopic (exact) mass is 440 g/mol. The minimum Gasteiger partial charge on any atom is -0.368 e. The standard InChI is InChI=1S/C7H14N6.2C7H8.C3H8.C2H6/c1-3-9-6-11-5(8)12-7(13-6)10-4-2;2*1-7-5-3-2-4-6-7;1-3-2;1-2/h3-4H2,1-2H3,(H4,8,9,10,11,12,13);2*2-6H,1H3;3H2,1-2H3;1-2H3. The van der Waals surface area contributed by atoms with Gasteiger partial charge < -0.3 is 16.4 Å². The average molecular weight is 441 g/mol. The number of rotatable bonds is 4. The Morgan fingerprint density at radius 3 is 1.16 bits per heavy atom. The molecule has 0 saturated carbocycles. The van der Waals surface area contributed by atoms with Crippen LogP contribution >= 0.6 is 0 Å². The number of nitrogens with one attached hydrogen (secondary N) is 2. The summed E-state index contributed by atoms with van der Waals surface area (Å²) in [5, 5.41) is 5.93. The van der Waals surface area contributed by atoms with Gasteiger partial charge in [-0.05, 0) is 27.7 Å². The van der Waals surface area contributed by atoms with Crippen LogP contribution < -0.4 is 16.4 Å². The molecule has 0 spiro atoms. The zero-order valence-corrected chi connectivity index (χ0v) is 21.3.